The van der Waals surface area contributed by atoms with Crippen LogP contribution in [0.4, 0.5) is 26.3 Å². The van der Waals surface area contributed by atoms with Gasteiger partial charge in [-0.2, -0.15) is 8.78 Å². The van der Waals surface area contributed by atoms with E-state index in [0.717, 1.165) is 18.3 Å². The normalized spacial score (nSPS) is 12.5. The summed E-state index contributed by atoms with van der Waals surface area (Å²) >= 11 is 0. The molecule has 0 spiro atoms. The summed E-state index contributed by atoms with van der Waals surface area (Å²) in [5.74, 6) is -9.11. The molecule has 0 fully saturated rings. The fraction of sp³-hybridized carbons (Fsp3) is 0.176. The SMILES string of the molecule is NC(=O)c1ccc(C(c2c(F)ccc(F)c2F)S(=O)(=O)CCC(F)=C(F)F)cn1. The van der Waals surface area contributed by atoms with Gasteiger partial charge in [0.1, 0.15) is 16.8 Å². The maximum absolute atomic E-state index is 14.3. The molecular formula is C17H12F6N2O3S. The first-order chi connectivity index (χ1) is 13.5. The Morgan fingerprint density at radius 1 is 1.03 bits per heavy atom. The highest BCUT2D eigenvalue weighted by Crippen LogP contribution is 2.36. The number of hydrogen-bond acceptors (Lipinski definition) is 4. The van der Waals surface area contributed by atoms with Crippen LogP contribution in [0.5, 0.6) is 0 Å². The van der Waals surface area contributed by atoms with Gasteiger partial charge in [-0.25, -0.2) is 26.0 Å². The number of rotatable bonds is 7. The number of carbonyl (C=O) groups is 1. The van der Waals surface area contributed by atoms with E-state index in [9.17, 15) is 39.6 Å². The number of aromatic nitrogens is 1. The molecule has 0 radical (unpaired) electrons. The van der Waals surface area contributed by atoms with Crippen LogP contribution in [-0.4, -0.2) is 25.1 Å². The van der Waals surface area contributed by atoms with Crippen molar-refractivity contribution in [2.45, 2.75) is 11.7 Å². The number of nitrogens with zero attached hydrogens (tertiary/aromatic N) is 1. The molecule has 0 saturated carbocycles. The van der Waals surface area contributed by atoms with Crippen molar-refractivity contribution in [3.63, 3.8) is 0 Å². The molecule has 2 N–H and O–H groups in total. The van der Waals surface area contributed by atoms with Crippen LogP contribution < -0.4 is 5.73 Å². The summed E-state index contributed by atoms with van der Waals surface area (Å²) in [6.45, 7) is 0. The lowest BCUT2D eigenvalue weighted by Crippen LogP contribution is -2.22. The standard InChI is InChI=1S/C17H12F6N2O3S/c18-9-2-3-10(19)14(21)13(9)15(8-1-4-12(17(24)26)25-7-8)29(27,28)6-5-11(20)16(22)23/h1-4,7,15H,5-6H2,(H2,24,26). The lowest BCUT2D eigenvalue weighted by atomic mass is 10.0. The zero-order chi connectivity index (χ0) is 21.9. The van der Waals surface area contributed by atoms with Gasteiger partial charge in [0.15, 0.2) is 27.3 Å². The predicted molar refractivity (Wildman–Crippen MR) is 89.7 cm³/mol. The first-order valence-electron chi connectivity index (χ1n) is 7.76. The first kappa shape index (κ1) is 22.4. The van der Waals surface area contributed by atoms with Gasteiger partial charge in [0.2, 0.25) is 0 Å². The van der Waals surface area contributed by atoms with Gasteiger partial charge >= 0.3 is 6.08 Å². The van der Waals surface area contributed by atoms with Crippen molar-refractivity contribution in [1.82, 2.24) is 4.98 Å². The van der Waals surface area contributed by atoms with Gasteiger partial charge in [0.05, 0.1) is 5.75 Å². The Hall–Kier alpha value is -2.89. The van der Waals surface area contributed by atoms with Crippen molar-refractivity contribution in [3.05, 3.63) is 76.6 Å². The number of nitrogens with two attached hydrogens (primary N) is 1. The molecular weight excluding hydrogens is 426 g/mol. The Kier molecular flexibility index (Phi) is 6.67. The summed E-state index contributed by atoms with van der Waals surface area (Å²) in [6, 6.07) is 2.80. The lowest BCUT2D eigenvalue weighted by Gasteiger charge is -2.20. The third-order valence-electron chi connectivity index (χ3n) is 3.85. The highest BCUT2D eigenvalue weighted by atomic mass is 32.2. The monoisotopic (exact) mass is 438 g/mol. The molecule has 1 heterocycles. The van der Waals surface area contributed by atoms with Crippen molar-refractivity contribution < 1.29 is 39.6 Å². The Bertz CT molecular complexity index is 1070. The van der Waals surface area contributed by atoms with E-state index in [1.54, 1.807) is 0 Å². The average Bonchev–Trinajstić information content (AvgIpc) is 2.66. The molecule has 12 heteroatoms. The fourth-order valence-electron chi connectivity index (χ4n) is 2.49. The second-order valence-electron chi connectivity index (χ2n) is 5.76. The largest absolute Gasteiger partial charge is 0.364 e. The molecule has 0 aliphatic heterocycles. The van der Waals surface area contributed by atoms with Crippen molar-refractivity contribution >= 4 is 15.7 Å². The van der Waals surface area contributed by atoms with E-state index in [4.69, 9.17) is 5.73 Å². The van der Waals surface area contributed by atoms with Crippen molar-refractivity contribution in [2.75, 3.05) is 5.75 Å². The molecule has 2 aromatic rings. The van der Waals surface area contributed by atoms with Crippen LogP contribution in [0.25, 0.3) is 0 Å². The fourth-order valence-corrected chi connectivity index (χ4v) is 4.32. The van der Waals surface area contributed by atoms with Crippen LogP contribution >= 0.6 is 0 Å². The number of carbonyl (C=O) groups excluding carboxylic acids is 1. The minimum atomic E-state index is -4.76. The molecule has 0 aliphatic carbocycles. The number of halogens is 6. The van der Waals surface area contributed by atoms with E-state index in [0.29, 0.717) is 12.1 Å². The summed E-state index contributed by atoms with van der Waals surface area (Å²) in [4.78, 5) is 14.7. The minimum Gasteiger partial charge on any atom is -0.364 e. The molecule has 1 amide bonds. The van der Waals surface area contributed by atoms with E-state index in [1.807, 2.05) is 0 Å². The summed E-state index contributed by atoms with van der Waals surface area (Å²) in [5.41, 5.74) is 3.05. The van der Waals surface area contributed by atoms with E-state index in [2.05, 4.69) is 4.98 Å². The Balaban J connectivity index is 2.65. The molecule has 2 rings (SSSR count). The highest BCUT2D eigenvalue weighted by Gasteiger charge is 2.35. The zero-order valence-corrected chi connectivity index (χ0v) is 15.1. The zero-order valence-electron chi connectivity index (χ0n) is 14.3. The topological polar surface area (TPSA) is 90.1 Å². The van der Waals surface area contributed by atoms with Gasteiger partial charge in [0.25, 0.3) is 5.91 Å². The van der Waals surface area contributed by atoms with Crippen LogP contribution in [0.2, 0.25) is 0 Å². The lowest BCUT2D eigenvalue weighted by molar-refractivity contribution is 0.0995. The molecule has 5 nitrogen and oxygen atoms in total. The third kappa shape index (κ3) is 4.94. The number of benzene rings is 1. The highest BCUT2D eigenvalue weighted by molar-refractivity contribution is 7.91. The molecule has 1 unspecified atom stereocenters. The van der Waals surface area contributed by atoms with Crippen LogP contribution in [0.3, 0.4) is 0 Å². The molecule has 1 atom stereocenters. The first-order valence-corrected chi connectivity index (χ1v) is 9.47. The Morgan fingerprint density at radius 2 is 1.66 bits per heavy atom. The van der Waals surface area contributed by atoms with Crippen LogP contribution in [0, 0.1) is 17.5 Å². The minimum absolute atomic E-state index is 0.307. The van der Waals surface area contributed by atoms with E-state index in [-0.39, 0.29) is 5.69 Å². The van der Waals surface area contributed by atoms with Crippen molar-refractivity contribution in [1.29, 1.82) is 0 Å². The summed E-state index contributed by atoms with van der Waals surface area (Å²) in [6.07, 6.45) is -3.26. The number of pyridine rings is 1. The van der Waals surface area contributed by atoms with E-state index < -0.39 is 73.7 Å². The third-order valence-corrected chi connectivity index (χ3v) is 5.85. The van der Waals surface area contributed by atoms with Gasteiger partial charge in [-0.15, -0.1) is 0 Å². The van der Waals surface area contributed by atoms with Gasteiger partial charge in [-0.1, -0.05) is 6.07 Å². The second kappa shape index (κ2) is 8.64. The number of hydrogen-bond donors (Lipinski definition) is 1. The predicted octanol–water partition coefficient (Wildman–Crippen LogP) is 3.57. The maximum atomic E-state index is 14.3. The quantitative estimate of drug-likeness (QED) is 0.529. The molecule has 1 aromatic heterocycles. The number of sulfone groups is 1. The molecule has 29 heavy (non-hydrogen) atoms. The molecule has 1 aromatic carbocycles. The van der Waals surface area contributed by atoms with Gasteiger partial charge in [0, 0.05) is 18.2 Å². The van der Waals surface area contributed by atoms with Gasteiger partial charge in [-0.05, 0) is 23.8 Å². The smallest absolute Gasteiger partial charge is 0.301 e. The Morgan fingerprint density at radius 3 is 2.17 bits per heavy atom. The average molecular weight is 438 g/mol. The van der Waals surface area contributed by atoms with E-state index >= 15 is 0 Å². The van der Waals surface area contributed by atoms with Gasteiger partial charge < -0.3 is 5.73 Å². The van der Waals surface area contributed by atoms with Crippen LogP contribution in [-0.2, 0) is 9.84 Å². The number of amides is 1. The number of allylic oxidation sites excluding steroid dienone is 1. The van der Waals surface area contributed by atoms with Gasteiger partial charge in [-0.3, -0.25) is 9.78 Å². The molecule has 0 saturated heterocycles. The van der Waals surface area contributed by atoms with Crippen molar-refractivity contribution in [2.24, 2.45) is 5.73 Å². The van der Waals surface area contributed by atoms with Crippen LogP contribution in [0.15, 0.2) is 42.4 Å². The summed E-state index contributed by atoms with van der Waals surface area (Å²) < 4.78 is 105. The number of primary amides is 1. The van der Waals surface area contributed by atoms with E-state index in [1.165, 1.54) is 0 Å². The second-order valence-corrected chi connectivity index (χ2v) is 7.97. The molecule has 156 valence electrons. The summed E-state index contributed by atoms with van der Waals surface area (Å²) in [7, 11) is -4.76. The van der Waals surface area contributed by atoms with Crippen molar-refractivity contribution in [3.8, 4) is 0 Å². The van der Waals surface area contributed by atoms with Crippen LogP contribution in [0.1, 0.15) is 33.3 Å². The summed E-state index contributed by atoms with van der Waals surface area (Å²) in [5, 5.41) is -2.25. The molecule has 0 aliphatic rings. The maximum Gasteiger partial charge on any atom is 0.301 e. The Labute approximate surface area is 160 Å². The molecule has 0 bridgehead atoms.